The lowest BCUT2D eigenvalue weighted by Crippen LogP contribution is -2.22. The highest BCUT2D eigenvalue weighted by Crippen LogP contribution is 2.37. The molecule has 0 spiro atoms. The number of nitrogens with one attached hydrogen (secondary N) is 1. The van der Waals surface area contributed by atoms with Crippen LogP contribution in [0.3, 0.4) is 0 Å². The zero-order chi connectivity index (χ0) is 26.1. The van der Waals surface area contributed by atoms with Gasteiger partial charge in [-0.15, -0.1) is 11.3 Å². The van der Waals surface area contributed by atoms with Crippen LogP contribution in [0.25, 0.3) is 10.4 Å². The van der Waals surface area contributed by atoms with E-state index in [-0.39, 0.29) is 12.4 Å². The number of carboxylic acids is 1. The quantitative estimate of drug-likeness (QED) is 0.297. The van der Waals surface area contributed by atoms with E-state index in [1.165, 1.54) is 11.3 Å². The highest BCUT2D eigenvalue weighted by Gasteiger charge is 2.33. The summed E-state index contributed by atoms with van der Waals surface area (Å²) in [6, 6.07) is 12.8. The number of carbonyl (C=O) groups is 1. The van der Waals surface area contributed by atoms with Crippen molar-refractivity contribution in [1.82, 2.24) is 15.0 Å². The van der Waals surface area contributed by atoms with Gasteiger partial charge in [0.15, 0.2) is 0 Å². The molecule has 186 valence electrons. The van der Waals surface area contributed by atoms with Crippen molar-refractivity contribution >= 4 is 28.9 Å². The van der Waals surface area contributed by atoms with Crippen molar-refractivity contribution < 1.29 is 28.2 Å². The summed E-state index contributed by atoms with van der Waals surface area (Å²) in [4.78, 5) is 23.5. The van der Waals surface area contributed by atoms with Gasteiger partial charge in [-0.05, 0) is 54.3 Å². The van der Waals surface area contributed by atoms with Crippen LogP contribution in [0.15, 0.2) is 60.9 Å². The molecule has 3 N–H and O–H groups in total. The molecule has 4 aromatic rings. The fourth-order valence-electron chi connectivity index (χ4n) is 3.58. The molecule has 0 amide bonds. The molecule has 0 saturated carbocycles. The van der Waals surface area contributed by atoms with E-state index in [2.05, 4.69) is 20.3 Å². The molecule has 2 heterocycles. The van der Waals surface area contributed by atoms with Crippen LogP contribution in [0.2, 0.25) is 0 Å². The van der Waals surface area contributed by atoms with Gasteiger partial charge in [-0.2, -0.15) is 13.2 Å². The number of thiazole rings is 1. The standard InChI is InChI=1S/C25H21F3N4O3S/c1-14-9-16(12-18(10-14)31-23-29-8-7-20(32-23)25(26,27)28)19-13-30-22(36-19)24(2,35)17-5-3-15(4-6-17)11-21(33)34/h3-10,12-13,35H,11H2,1-2H3,(H,33,34)(H,29,31,32)/t24-/m0/s1. The summed E-state index contributed by atoms with van der Waals surface area (Å²) in [6.45, 7) is 3.45. The first kappa shape index (κ1) is 25.3. The molecule has 0 fully saturated rings. The van der Waals surface area contributed by atoms with Gasteiger partial charge in [-0.3, -0.25) is 4.79 Å². The summed E-state index contributed by atoms with van der Waals surface area (Å²) in [6.07, 6.45) is -2.03. The summed E-state index contributed by atoms with van der Waals surface area (Å²) in [5.74, 6) is -1.12. The third-order valence-electron chi connectivity index (χ3n) is 5.36. The van der Waals surface area contributed by atoms with Crippen molar-refractivity contribution in [2.24, 2.45) is 0 Å². The minimum Gasteiger partial charge on any atom is -0.481 e. The number of nitrogens with zero attached hydrogens (tertiary/aromatic N) is 3. The number of aliphatic hydroxyl groups is 1. The van der Waals surface area contributed by atoms with E-state index in [4.69, 9.17) is 5.11 Å². The third kappa shape index (κ3) is 5.69. The van der Waals surface area contributed by atoms with E-state index in [0.29, 0.717) is 21.8 Å². The van der Waals surface area contributed by atoms with Crippen molar-refractivity contribution in [3.05, 3.63) is 88.3 Å². The number of alkyl halides is 3. The lowest BCUT2D eigenvalue weighted by molar-refractivity contribution is -0.141. The van der Waals surface area contributed by atoms with Crippen LogP contribution in [0.5, 0.6) is 0 Å². The summed E-state index contributed by atoms with van der Waals surface area (Å²) >= 11 is 1.27. The minimum absolute atomic E-state index is 0.112. The second-order valence-electron chi connectivity index (χ2n) is 8.35. The van der Waals surface area contributed by atoms with Gasteiger partial charge in [0.1, 0.15) is 16.3 Å². The first-order chi connectivity index (χ1) is 16.9. The highest BCUT2D eigenvalue weighted by molar-refractivity contribution is 7.15. The average molecular weight is 515 g/mol. The van der Waals surface area contributed by atoms with Gasteiger partial charge in [0, 0.05) is 18.1 Å². The molecule has 0 aliphatic rings. The fraction of sp³-hybridized carbons (Fsp3) is 0.200. The number of anilines is 2. The number of benzene rings is 2. The van der Waals surface area contributed by atoms with Crippen LogP contribution in [0, 0.1) is 6.92 Å². The second kappa shape index (κ2) is 9.67. The van der Waals surface area contributed by atoms with Crippen molar-refractivity contribution in [3.63, 3.8) is 0 Å². The molecule has 7 nitrogen and oxygen atoms in total. The first-order valence-electron chi connectivity index (χ1n) is 10.7. The van der Waals surface area contributed by atoms with Gasteiger partial charge in [0.05, 0.1) is 11.3 Å². The van der Waals surface area contributed by atoms with Crippen LogP contribution in [-0.4, -0.2) is 31.1 Å². The Hall–Kier alpha value is -3.83. The van der Waals surface area contributed by atoms with Gasteiger partial charge in [-0.1, -0.05) is 30.3 Å². The Kier molecular flexibility index (Phi) is 6.79. The molecular formula is C25H21F3N4O3S. The number of halogens is 3. The smallest absolute Gasteiger partial charge is 0.433 e. The Labute approximate surface area is 208 Å². The normalized spacial score (nSPS) is 13.3. The van der Waals surface area contributed by atoms with E-state index in [1.54, 1.807) is 49.5 Å². The van der Waals surface area contributed by atoms with Crippen LogP contribution < -0.4 is 5.32 Å². The lowest BCUT2D eigenvalue weighted by atomic mass is 9.95. The number of rotatable bonds is 7. The number of hydrogen-bond acceptors (Lipinski definition) is 7. The molecule has 4 rings (SSSR count). The van der Waals surface area contributed by atoms with E-state index in [1.807, 2.05) is 13.0 Å². The van der Waals surface area contributed by atoms with E-state index < -0.39 is 23.4 Å². The fourth-order valence-corrected chi connectivity index (χ4v) is 4.55. The maximum Gasteiger partial charge on any atom is 0.433 e. The molecule has 0 aliphatic heterocycles. The summed E-state index contributed by atoms with van der Waals surface area (Å²) in [5, 5.41) is 23.4. The second-order valence-corrected chi connectivity index (χ2v) is 9.38. The molecule has 2 aromatic carbocycles. The Bertz CT molecular complexity index is 1400. The summed E-state index contributed by atoms with van der Waals surface area (Å²) in [5.41, 5.74) is 0.815. The first-order valence-corrected chi connectivity index (χ1v) is 11.5. The molecule has 1 atom stereocenters. The van der Waals surface area contributed by atoms with E-state index >= 15 is 0 Å². The Morgan fingerprint density at radius 3 is 2.47 bits per heavy atom. The molecule has 0 radical (unpaired) electrons. The molecule has 0 saturated heterocycles. The van der Waals surface area contributed by atoms with Crippen molar-refractivity contribution in [3.8, 4) is 10.4 Å². The number of hydrogen-bond donors (Lipinski definition) is 3. The van der Waals surface area contributed by atoms with Gasteiger partial charge in [0.2, 0.25) is 5.95 Å². The van der Waals surface area contributed by atoms with Gasteiger partial charge in [-0.25, -0.2) is 15.0 Å². The van der Waals surface area contributed by atoms with Crippen LogP contribution in [0.1, 0.15) is 34.3 Å². The van der Waals surface area contributed by atoms with E-state index in [9.17, 15) is 23.1 Å². The Morgan fingerprint density at radius 1 is 1.08 bits per heavy atom. The molecule has 2 aromatic heterocycles. The van der Waals surface area contributed by atoms with Crippen molar-refractivity contribution in [1.29, 1.82) is 0 Å². The van der Waals surface area contributed by atoms with Crippen molar-refractivity contribution in [2.45, 2.75) is 32.0 Å². The van der Waals surface area contributed by atoms with Crippen molar-refractivity contribution in [2.75, 3.05) is 5.32 Å². The number of aliphatic carboxylic acids is 1. The highest BCUT2D eigenvalue weighted by atomic mass is 32.1. The molecule has 36 heavy (non-hydrogen) atoms. The molecule has 11 heteroatoms. The Morgan fingerprint density at radius 2 is 1.81 bits per heavy atom. The van der Waals surface area contributed by atoms with Crippen LogP contribution in [0.4, 0.5) is 24.8 Å². The largest absolute Gasteiger partial charge is 0.481 e. The van der Waals surface area contributed by atoms with Gasteiger partial charge < -0.3 is 15.5 Å². The number of aromatic nitrogens is 3. The Balaban J connectivity index is 1.59. The van der Waals surface area contributed by atoms with E-state index in [0.717, 1.165) is 28.3 Å². The van der Waals surface area contributed by atoms with Gasteiger partial charge >= 0.3 is 12.1 Å². The zero-order valence-corrected chi connectivity index (χ0v) is 20.0. The predicted molar refractivity (Wildman–Crippen MR) is 129 cm³/mol. The summed E-state index contributed by atoms with van der Waals surface area (Å²) < 4.78 is 38.9. The third-order valence-corrected chi connectivity index (χ3v) is 6.61. The van der Waals surface area contributed by atoms with Crippen LogP contribution >= 0.6 is 11.3 Å². The molecule has 0 aliphatic carbocycles. The topological polar surface area (TPSA) is 108 Å². The number of aryl methyl sites for hydroxylation is 1. The average Bonchev–Trinajstić information content (AvgIpc) is 3.30. The summed E-state index contributed by atoms with van der Waals surface area (Å²) in [7, 11) is 0. The zero-order valence-electron chi connectivity index (χ0n) is 19.2. The predicted octanol–water partition coefficient (Wildman–Crippen LogP) is 5.55. The lowest BCUT2D eigenvalue weighted by Gasteiger charge is -2.21. The molecule has 0 unspecified atom stereocenters. The van der Waals surface area contributed by atoms with Crippen LogP contribution in [-0.2, 0) is 23.0 Å². The molecule has 0 bridgehead atoms. The minimum atomic E-state index is -4.58. The number of carboxylic acid groups (broad SMARTS) is 1. The monoisotopic (exact) mass is 514 g/mol. The SMILES string of the molecule is Cc1cc(Nc2nccc(C(F)(F)F)n2)cc(-c2cnc([C@@](C)(O)c3ccc(CC(=O)O)cc3)s2)c1. The maximum atomic E-state index is 13.0. The van der Waals surface area contributed by atoms with Gasteiger partial charge in [0.25, 0.3) is 0 Å². The molecular weight excluding hydrogens is 493 g/mol. The maximum absolute atomic E-state index is 13.0.